The van der Waals surface area contributed by atoms with E-state index < -0.39 is 15.4 Å². The summed E-state index contributed by atoms with van der Waals surface area (Å²) in [6.07, 6.45) is 8.04. The molecular formula is C27H24ClN5O3S. The Morgan fingerprint density at radius 3 is 2.59 bits per heavy atom. The van der Waals surface area contributed by atoms with Crippen LogP contribution in [-0.2, 0) is 9.84 Å². The number of rotatable bonds is 5. The number of halogens is 1. The topological polar surface area (TPSA) is 110 Å². The number of H-pyrrole nitrogens is 1. The summed E-state index contributed by atoms with van der Waals surface area (Å²) < 4.78 is 28.6. The minimum Gasteiger partial charge on any atom is -0.361 e. The van der Waals surface area contributed by atoms with Gasteiger partial charge in [-0.2, -0.15) is 4.98 Å². The summed E-state index contributed by atoms with van der Waals surface area (Å²) in [6.45, 7) is 0. The molecule has 0 saturated heterocycles. The molecule has 1 saturated carbocycles. The minimum atomic E-state index is -4.08. The lowest BCUT2D eigenvalue weighted by Gasteiger charge is -2.25. The van der Waals surface area contributed by atoms with Gasteiger partial charge >= 0.3 is 0 Å². The summed E-state index contributed by atoms with van der Waals surface area (Å²) in [5, 5.41) is 5.16. The molecule has 0 unspecified atom stereocenters. The second-order valence-corrected chi connectivity index (χ2v) is 11.6. The molecule has 0 radical (unpaired) electrons. The fraction of sp³-hybridized carbons (Fsp3) is 0.222. The summed E-state index contributed by atoms with van der Waals surface area (Å²) in [5.41, 5.74) is 1.66. The van der Waals surface area contributed by atoms with Crippen molar-refractivity contribution in [3.05, 3.63) is 82.4 Å². The highest BCUT2D eigenvalue weighted by Gasteiger charge is 2.28. The summed E-state index contributed by atoms with van der Waals surface area (Å²) in [6, 6.07) is 14.9. The Labute approximate surface area is 218 Å². The largest absolute Gasteiger partial charge is 0.361 e. The van der Waals surface area contributed by atoms with Gasteiger partial charge in [-0.05, 0) is 61.4 Å². The number of aromatic amines is 1. The molecule has 188 valence electrons. The van der Waals surface area contributed by atoms with E-state index in [-0.39, 0.29) is 15.8 Å². The van der Waals surface area contributed by atoms with Crippen LogP contribution in [0.1, 0.15) is 38.1 Å². The summed E-state index contributed by atoms with van der Waals surface area (Å²) in [4.78, 5) is 25.9. The zero-order valence-corrected chi connectivity index (χ0v) is 21.4. The number of sulfone groups is 1. The van der Waals surface area contributed by atoms with E-state index in [1.807, 2.05) is 30.5 Å². The number of fused-ring (bicyclic) bond motifs is 2. The number of anilines is 2. The molecule has 5 aromatic rings. The molecule has 2 N–H and O–H groups in total. The highest BCUT2D eigenvalue weighted by Crippen LogP contribution is 2.32. The van der Waals surface area contributed by atoms with Crippen molar-refractivity contribution in [2.75, 3.05) is 5.32 Å². The van der Waals surface area contributed by atoms with Crippen molar-refractivity contribution >= 4 is 55.0 Å². The molecule has 0 spiro atoms. The van der Waals surface area contributed by atoms with E-state index in [0.717, 1.165) is 48.7 Å². The predicted molar refractivity (Wildman–Crippen MR) is 144 cm³/mol. The average Bonchev–Trinajstić information content (AvgIpc) is 3.39. The van der Waals surface area contributed by atoms with Crippen LogP contribution in [0.5, 0.6) is 0 Å². The molecule has 0 bridgehead atoms. The van der Waals surface area contributed by atoms with Gasteiger partial charge in [0.25, 0.3) is 5.56 Å². The number of nitrogens with one attached hydrogen (secondary N) is 2. The van der Waals surface area contributed by atoms with Crippen LogP contribution in [0.4, 0.5) is 11.6 Å². The fourth-order valence-electron chi connectivity index (χ4n) is 5.08. The van der Waals surface area contributed by atoms with E-state index in [1.54, 1.807) is 10.8 Å². The molecule has 0 aliphatic heterocycles. The van der Waals surface area contributed by atoms with Gasteiger partial charge in [-0.1, -0.05) is 36.9 Å². The van der Waals surface area contributed by atoms with Crippen molar-refractivity contribution in [1.82, 2.24) is 19.5 Å². The van der Waals surface area contributed by atoms with Crippen molar-refractivity contribution in [2.45, 2.75) is 47.9 Å². The Morgan fingerprint density at radius 1 is 1.03 bits per heavy atom. The van der Waals surface area contributed by atoms with Gasteiger partial charge in [-0.15, -0.1) is 0 Å². The standard InChI is InChI=1S/C27H24ClN5O3S/c28-18-9-11-20(12-10-18)37(35,36)24-15-17-16-30-27(31-23-8-4-7-22-21(23)13-14-29-22)32-25(17)33(26(24)34)19-5-2-1-3-6-19/h4,7-16,19,29H,1-3,5-6H2,(H,30,31,32). The number of hydrogen-bond donors (Lipinski definition) is 2. The number of pyridine rings is 1. The smallest absolute Gasteiger partial charge is 0.271 e. The number of nitrogens with zero attached hydrogens (tertiary/aromatic N) is 3. The van der Waals surface area contributed by atoms with Crippen molar-refractivity contribution in [3.63, 3.8) is 0 Å². The molecule has 3 aromatic heterocycles. The maximum Gasteiger partial charge on any atom is 0.271 e. The Balaban J connectivity index is 1.52. The summed E-state index contributed by atoms with van der Waals surface area (Å²) >= 11 is 5.96. The molecule has 1 aliphatic rings. The first kappa shape index (κ1) is 23.7. The SMILES string of the molecule is O=c1c(S(=O)(=O)c2ccc(Cl)cc2)cc2cnc(Nc3cccc4[nH]ccc34)nc2n1C1CCCCC1. The Morgan fingerprint density at radius 2 is 1.81 bits per heavy atom. The molecule has 8 nitrogen and oxygen atoms in total. The van der Waals surface area contributed by atoms with Crippen molar-refractivity contribution in [3.8, 4) is 0 Å². The van der Waals surface area contributed by atoms with E-state index in [2.05, 4.69) is 15.3 Å². The van der Waals surface area contributed by atoms with E-state index in [4.69, 9.17) is 16.6 Å². The van der Waals surface area contributed by atoms with Crippen LogP contribution in [-0.4, -0.2) is 27.9 Å². The molecule has 10 heteroatoms. The molecule has 3 heterocycles. The van der Waals surface area contributed by atoms with Crippen LogP contribution in [0, 0.1) is 0 Å². The van der Waals surface area contributed by atoms with Gasteiger partial charge in [-0.25, -0.2) is 13.4 Å². The normalized spacial score (nSPS) is 14.8. The minimum absolute atomic E-state index is 0.0161. The number of benzene rings is 2. The lowest BCUT2D eigenvalue weighted by atomic mass is 9.95. The zero-order chi connectivity index (χ0) is 25.6. The third-order valence-corrected chi connectivity index (χ3v) is 8.95. The van der Waals surface area contributed by atoms with Gasteiger partial charge in [0.2, 0.25) is 15.8 Å². The van der Waals surface area contributed by atoms with Crippen molar-refractivity contribution < 1.29 is 8.42 Å². The maximum atomic E-state index is 13.9. The molecule has 0 amide bonds. The lowest BCUT2D eigenvalue weighted by molar-refractivity contribution is 0.350. The van der Waals surface area contributed by atoms with Gasteiger partial charge in [0.15, 0.2) is 0 Å². The van der Waals surface area contributed by atoms with Crippen molar-refractivity contribution in [1.29, 1.82) is 0 Å². The first-order valence-electron chi connectivity index (χ1n) is 12.2. The number of hydrogen-bond acceptors (Lipinski definition) is 6. The third-order valence-electron chi connectivity index (χ3n) is 6.94. The molecule has 6 rings (SSSR count). The van der Waals surface area contributed by atoms with Gasteiger partial charge in [0.1, 0.15) is 10.5 Å². The van der Waals surface area contributed by atoms with Crippen molar-refractivity contribution in [2.24, 2.45) is 0 Å². The van der Waals surface area contributed by atoms with Gasteiger partial charge in [-0.3, -0.25) is 9.36 Å². The molecule has 1 aliphatic carbocycles. The predicted octanol–water partition coefficient (Wildman–Crippen LogP) is 6.01. The molecule has 2 aromatic carbocycles. The number of aromatic nitrogens is 4. The van der Waals surface area contributed by atoms with E-state index >= 15 is 0 Å². The Hall–Kier alpha value is -3.69. The molecule has 0 atom stereocenters. The highest BCUT2D eigenvalue weighted by molar-refractivity contribution is 7.91. The molecular weight excluding hydrogens is 510 g/mol. The van der Waals surface area contributed by atoms with Crippen LogP contribution >= 0.6 is 11.6 Å². The monoisotopic (exact) mass is 533 g/mol. The fourth-order valence-corrected chi connectivity index (χ4v) is 6.57. The average molecular weight is 534 g/mol. The van der Waals surface area contributed by atoms with Crippen LogP contribution in [0.3, 0.4) is 0 Å². The van der Waals surface area contributed by atoms with Gasteiger partial charge in [0.05, 0.1) is 10.6 Å². The van der Waals surface area contributed by atoms with Gasteiger partial charge in [0, 0.05) is 39.7 Å². The Bertz CT molecular complexity index is 1790. The van der Waals surface area contributed by atoms with E-state index in [1.165, 1.54) is 30.3 Å². The first-order valence-corrected chi connectivity index (χ1v) is 14.0. The third kappa shape index (κ3) is 4.28. The quantitative estimate of drug-likeness (QED) is 0.286. The summed E-state index contributed by atoms with van der Waals surface area (Å²) in [7, 11) is -4.08. The molecule has 37 heavy (non-hydrogen) atoms. The van der Waals surface area contributed by atoms with E-state index in [0.29, 0.717) is 22.0 Å². The van der Waals surface area contributed by atoms with Crippen LogP contribution in [0.2, 0.25) is 5.02 Å². The highest BCUT2D eigenvalue weighted by atomic mass is 35.5. The summed E-state index contributed by atoms with van der Waals surface area (Å²) in [5.74, 6) is 0.332. The van der Waals surface area contributed by atoms with E-state index in [9.17, 15) is 13.2 Å². The van der Waals surface area contributed by atoms with Gasteiger partial charge < -0.3 is 10.3 Å². The first-order chi connectivity index (χ1) is 17.9. The van der Waals surface area contributed by atoms with Crippen LogP contribution in [0.15, 0.2) is 81.6 Å². The van der Waals surface area contributed by atoms with Crippen LogP contribution in [0.25, 0.3) is 21.9 Å². The molecule has 1 fully saturated rings. The lowest BCUT2D eigenvalue weighted by Crippen LogP contribution is -2.31. The maximum absolute atomic E-state index is 13.9. The Kier molecular flexibility index (Phi) is 5.97. The zero-order valence-electron chi connectivity index (χ0n) is 19.8. The second kappa shape index (κ2) is 9.32. The second-order valence-electron chi connectivity index (χ2n) is 9.27. The van der Waals surface area contributed by atoms with Crippen LogP contribution < -0.4 is 10.9 Å².